The number of para-hydroxylation sites is 1. The molecule has 0 saturated heterocycles. The summed E-state index contributed by atoms with van der Waals surface area (Å²) >= 11 is 0. The average Bonchev–Trinajstić information content (AvgIpc) is 2.40. The highest BCUT2D eigenvalue weighted by atomic mass is 127. The van der Waals surface area contributed by atoms with Crippen LogP contribution in [0.15, 0.2) is 41.9 Å². The van der Waals surface area contributed by atoms with E-state index in [1.165, 1.54) is 6.07 Å². The monoisotopic (exact) mass is 397 g/mol. The smallest absolute Gasteiger partial charge is 0.387 e. The Bertz CT molecular complexity index is 441. The summed E-state index contributed by atoms with van der Waals surface area (Å²) < 4.78 is 28.9. The zero-order valence-electron chi connectivity index (χ0n) is 11.1. The first-order valence-electron chi connectivity index (χ1n) is 5.75. The molecule has 0 aliphatic rings. The number of halogens is 3. The van der Waals surface area contributed by atoms with Crippen LogP contribution in [0.4, 0.5) is 8.78 Å². The Hall–Kier alpha value is -1.38. The number of nitrogens with zero attached hydrogens (tertiary/aromatic N) is 1. The van der Waals surface area contributed by atoms with Crippen LogP contribution in [0.3, 0.4) is 0 Å². The molecular weight excluding hydrogens is 379 g/mol. The van der Waals surface area contributed by atoms with Gasteiger partial charge in [-0.2, -0.15) is 8.78 Å². The minimum atomic E-state index is -2.83. The van der Waals surface area contributed by atoms with Gasteiger partial charge >= 0.3 is 6.61 Å². The molecule has 0 aliphatic carbocycles. The van der Waals surface area contributed by atoms with Crippen LogP contribution in [0.25, 0.3) is 0 Å². The molecule has 0 aromatic heterocycles. The first-order valence-corrected chi connectivity index (χ1v) is 5.75. The molecule has 0 atom stereocenters. The van der Waals surface area contributed by atoms with E-state index in [0.29, 0.717) is 24.6 Å². The first-order chi connectivity index (χ1) is 9.17. The van der Waals surface area contributed by atoms with Crippen LogP contribution in [0.1, 0.15) is 5.56 Å². The largest absolute Gasteiger partial charge is 0.434 e. The fourth-order valence-corrected chi connectivity index (χ4v) is 1.43. The van der Waals surface area contributed by atoms with Crippen LogP contribution in [-0.4, -0.2) is 26.2 Å². The van der Waals surface area contributed by atoms with E-state index < -0.39 is 6.61 Å². The third-order valence-electron chi connectivity index (χ3n) is 2.27. The molecule has 1 aromatic carbocycles. The summed E-state index contributed by atoms with van der Waals surface area (Å²) in [4.78, 5) is 3.99. The Balaban J connectivity index is 0.00000361. The fourth-order valence-electron chi connectivity index (χ4n) is 1.43. The molecule has 0 aliphatic heterocycles. The van der Waals surface area contributed by atoms with E-state index in [-0.39, 0.29) is 29.7 Å². The summed E-state index contributed by atoms with van der Waals surface area (Å²) in [7, 11) is 1.62. The van der Waals surface area contributed by atoms with Gasteiger partial charge in [0.15, 0.2) is 5.96 Å². The number of aliphatic imine (C=N–C) groups is 1. The third kappa shape index (κ3) is 6.69. The molecule has 0 amide bonds. The maximum atomic E-state index is 12.2. The topological polar surface area (TPSA) is 45.7 Å². The molecule has 0 saturated carbocycles. The molecule has 1 aromatic rings. The van der Waals surface area contributed by atoms with Gasteiger partial charge < -0.3 is 15.4 Å². The zero-order chi connectivity index (χ0) is 14.1. The molecule has 1 rings (SSSR count). The van der Waals surface area contributed by atoms with Gasteiger partial charge in [0, 0.05) is 25.7 Å². The Labute approximate surface area is 134 Å². The van der Waals surface area contributed by atoms with E-state index >= 15 is 0 Å². The Morgan fingerprint density at radius 1 is 1.40 bits per heavy atom. The van der Waals surface area contributed by atoms with E-state index in [0.717, 1.165) is 0 Å². The van der Waals surface area contributed by atoms with Gasteiger partial charge in [0.1, 0.15) is 5.75 Å². The van der Waals surface area contributed by atoms with Crippen molar-refractivity contribution in [3.05, 3.63) is 42.5 Å². The van der Waals surface area contributed by atoms with E-state index in [1.807, 2.05) is 0 Å². The predicted molar refractivity (Wildman–Crippen MR) is 86.9 cm³/mol. The molecule has 4 nitrogen and oxygen atoms in total. The van der Waals surface area contributed by atoms with E-state index in [1.54, 1.807) is 31.3 Å². The van der Waals surface area contributed by atoms with Gasteiger partial charge in [0.05, 0.1) is 0 Å². The van der Waals surface area contributed by atoms with Crippen LogP contribution in [0, 0.1) is 0 Å². The molecule has 0 heterocycles. The van der Waals surface area contributed by atoms with E-state index in [9.17, 15) is 8.78 Å². The zero-order valence-corrected chi connectivity index (χ0v) is 13.4. The number of rotatable bonds is 6. The van der Waals surface area contributed by atoms with Gasteiger partial charge in [0.25, 0.3) is 0 Å². The second-order valence-corrected chi connectivity index (χ2v) is 3.58. The normalized spacial score (nSPS) is 10.7. The number of benzene rings is 1. The summed E-state index contributed by atoms with van der Waals surface area (Å²) in [5.74, 6) is 0.718. The number of hydrogen-bond acceptors (Lipinski definition) is 2. The second kappa shape index (κ2) is 10.4. The summed E-state index contributed by atoms with van der Waals surface area (Å²) in [6.07, 6.45) is 1.70. The summed E-state index contributed by atoms with van der Waals surface area (Å²) in [5, 5.41) is 5.98. The highest BCUT2D eigenvalue weighted by Gasteiger charge is 2.09. The SMILES string of the molecule is C=CCNC(=NC)NCc1ccccc1OC(F)F.I. The van der Waals surface area contributed by atoms with Crippen molar-refractivity contribution >= 4 is 29.9 Å². The van der Waals surface area contributed by atoms with Gasteiger partial charge in [-0.25, -0.2) is 0 Å². The first kappa shape index (κ1) is 18.6. The van der Waals surface area contributed by atoms with Gasteiger partial charge in [-0.15, -0.1) is 30.6 Å². The van der Waals surface area contributed by atoms with Crippen LogP contribution in [-0.2, 0) is 6.54 Å². The highest BCUT2D eigenvalue weighted by Crippen LogP contribution is 2.19. The Morgan fingerprint density at radius 3 is 2.70 bits per heavy atom. The maximum Gasteiger partial charge on any atom is 0.387 e. The van der Waals surface area contributed by atoms with Crippen molar-refractivity contribution in [2.24, 2.45) is 4.99 Å². The fraction of sp³-hybridized carbons (Fsp3) is 0.308. The maximum absolute atomic E-state index is 12.2. The second-order valence-electron chi connectivity index (χ2n) is 3.58. The molecule has 0 radical (unpaired) electrons. The molecule has 112 valence electrons. The van der Waals surface area contributed by atoms with Crippen molar-refractivity contribution in [2.45, 2.75) is 13.2 Å². The number of ether oxygens (including phenoxy) is 1. The van der Waals surface area contributed by atoms with E-state index in [2.05, 4.69) is 26.9 Å². The van der Waals surface area contributed by atoms with Crippen LogP contribution in [0.2, 0.25) is 0 Å². The van der Waals surface area contributed by atoms with Gasteiger partial charge in [-0.05, 0) is 6.07 Å². The van der Waals surface area contributed by atoms with Gasteiger partial charge in [0.2, 0.25) is 0 Å². The van der Waals surface area contributed by atoms with Crippen molar-refractivity contribution in [1.82, 2.24) is 10.6 Å². The van der Waals surface area contributed by atoms with Gasteiger partial charge in [-0.3, -0.25) is 4.99 Å². The molecule has 7 heteroatoms. The lowest BCUT2D eigenvalue weighted by molar-refractivity contribution is -0.0504. The summed E-state index contributed by atoms with van der Waals surface area (Å²) in [5.41, 5.74) is 0.629. The molecule has 0 bridgehead atoms. The minimum absolute atomic E-state index is 0. The molecule has 0 unspecified atom stereocenters. The average molecular weight is 397 g/mol. The molecule has 2 N–H and O–H groups in total. The third-order valence-corrected chi connectivity index (χ3v) is 2.27. The minimum Gasteiger partial charge on any atom is -0.434 e. The number of guanidine groups is 1. The van der Waals surface area contributed by atoms with Crippen molar-refractivity contribution < 1.29 is 13.5 Å². The summed E-state index contributed by atoms with van der Waals surface area (Å²) in [6, 6.07) is 6.62. The molecular formula is C13H18F2IN3O. The molecule has 20 heavy (non-hydrogen) atoms. The lowest BCUT2D eigenvalue weighted by Crippen LogP contribution is -2.36. The van der Waals surface area contributed by atoms with Crippen molar-refractivity contribution in [3.8, 4) is 5.75 Å². The Kier molecular flexibility index (Phi) is 9.69. The number of nitrogens with one attached hydrogen (secondary N) is 2. The molecule has 0 spiro atoms. The predicted octanol–water partition coefficient (Wildman–Crippen LogP) is 2.76. The van der Waals surface area contributed by atoms with Crippen molar-refractivity contribution in [2.75, 3.05) is 13.6 Å². The van der Waals surface area contributed by atoms with Crippen LogP contribution in [0.5, 0.6) is 5.75 Å². The summed E-state index contributed by atoms with van der Waals surface area (Å²) in [6.45, 7) is 1.65. The quantitative estimate of drug-likeness (QED) is 0.336. The number of alkyl halides is 2. The Morgan fingerprint density at radius 2 is 2.10 bits per heavy atom. The van der Waals surface area contributed by atoms with E-state index in [4.69, 9.17) is 0 Å². The van der Waals surface area contributed by atoms with Crippen LogP contribution >= 0.6 is 24.0 Å². The lowest BCUT2D eigenvalue weighted by Gasteiger charge is -2.13. The van der Waals surface area contributed by atoms with Crippen molar-refractivity contribution in [3.63, 3.8) is 0 Å². The number of hydrogen-bond donors (Lipinski definition) is 2. The van der Waals surface area contributed by atoms with Gasteiger partial charge in [-0.1, -0.05) is 24.3 Å². The molecule has 0 fully saturated rings. The highest BCUT2D eigenvalue weighted by molar-refractivity contribution is 14.0. The standard InChI is InChI=1S/C13H17F2N3O.HI/c1-3-8-17-13(16-2)18-9-10-6-4-5-7-11(10)19-12(14)15;/h3-7,12H,1,8-9H2,2H3,(H2,16,17,18);1H. The lowest BCUT2D eigenvalue weighted by atomic mass is 10.2. The van der Waals surface area contributed by atoms with Crippen LogP contribution < -0.4 is 15.4 Å². The van der Waals surface area contributed by atoms with Crippen molar-refractivity contribution in [1.29, 1.82) is 0 Å².